The third kappa shape index (κ3) is 2.76. The van der Waals surface area contributed by atoms with Crippen molar-refractivity contribution < 1.29 is 14.7 Å². The second kappa shape index (κ2) is 5.35. The fourth-order valence-corrected chi connectivity index (χ4v) is 2.31. The van der Waals surface area contributed by atoms with Crippen LogP contribution in [0.5, 0.6) is 0 Å². The molecule has 21 heavy (non-hydrogen) atoms. The first kappa shape index (κ1) is 13.3. The zero-order chi connectivity index (χ0) is 14.8. The molecule has 0 spiro atoms. The van der Waals surface area contributed by atoms with E-state index >= 15 is 0 Å². The van der Waals surface area contributed by atoms with Gasteiger partial charge in [-0.1, -0.05) is 0 Å². The highest BCUT2D eigenvalue weighted by molar-refractivity contribution is 5.94. The highest BCUT2D eigenvalue weighted by Gasteiger charge is 2.38. The number of nitrogens with zero attached hydrogens (tertiary/aromatic N) is 3. The van der Waals surface area contributed by atoms with E-state index in [0.717, 1.165) is 5.69 Å². The zero-order valence-electron chi connectivity index (χ0n) is 11.1. The van der Waals surface area contributed by atoms with Gasteiger partial charge in [0, 0.05) is 11.6 Å². The summed E-state index contributed by atoms with van der Waals surface area (Å²) < 4.78 is 0. The molecular formula is C14H14N4O3. The Morgan fingerprint density at radius 1 is 1.10 bits per heavy atom. The zero-order valence-corrected chi connectivity index (χ0v) is 11.1. The van der Waals surface area contributed by atoms with Crippen LogP contribution in [0.15, 0.2) is 36.7 Å². The van der Waals surface area contributed by atoms with Gasteiger partial charge in [0.05, 0.1) is 24.0 Å². The Labute approximate surface area is 120 Å². The van der Waals surface area contributed by atoms with Gasteiger partial charge in [-0.05, 0) is 37.1 Å². The predicted octanol–water partition coefficient (Wildman–Crippen LogP) is 1.32. The largest absolute Gasteiger partial charge is 0.481 e. The molecular weight excluding hydrogens is 272 g/mol. The predicted molar refractivity (Wildman–Crippen MR) is 73.8 cm³/mol. The van der Waals surface area contributed by atoms with Crippen LogP contribution in [-0.4, -0.2) is 32.0 Å². The van der Waals surface area contributed by atoms with E-state index < -0.39 is 5.97 Å². The van der Waals surface area contributed by atoms with Gasteiger partial charge in [-0.15, -0.1) is 0 Å². The lowest BCUT2D eigenvalue weighted by molar-refractivity contribution is -0.147. The second-order valence-corrected chi connectivity index (χ2v) is 5.06. The molecule has 0 unspecified atom stereocenters. The van der Waals surface area contributed by atoms with Gasteiger partial charge in [-0.25, -0.2) is 0 Å². The molecule has 1 aromatic heterocycles. The number of rotatable bonds is 4. The van der Waals surface area contributed by atoms with Crippen molar-refractivity contribution in [2.24, 2.45) is 11.8 Å². The first-order valence-corrected chi connectivity index (χ1v) is 6.64. The molecule has 1 amide bonds. The number of carbonyl (C=O) groups is 2. The number of aliphatic carboxylic acids is 1. The van der Waals surface area contributed by atoms with Crippen LogP contribution in [0.1, 0.15) is 12.8 Å². The van der Waals surface area contributed by atoms with Crippen LogP contribution in [0.25, 0.3) is 5.69 Å². The van der Waals surface area contributed by atoms with Gasteiger partial charge >= 0.3 is 5.97 Å². The van der Waals surface area contributed by atoms with Crippen molar-refractivity contribution in [3.63, 3.8) is 0 Å². The van der Waals surface area contributed by atoms with E-state index in [1.807, 2.05) is 0 Å². The maximum absolute atomic E-state index is 11.9. The number of aromatic nitrogens is 3. The lowest BCUT2D eigenvalue weighted by Crippen LogP contribution is -2.38. The number of amides is 1. The third-order valence-corrected chi connectivity index (χ3v) is 3.64. The monoisotopic (exact) mass is 286 g/mol. The van der Waals surface area contributed by atoms with Crippen LogP contribution < -0.4 is 5.32 Å². The first-order valence-electron chi connectivity index (χ1n) is 6.64. The van der Waals surface area contributed by atoms with Crippen molar-refractivity contribution in [1.29, 1.82) is 0 Å². The molecule has 1 aromatic carbocycles. The van der Waals surface area contributed by atoms with E-state index in [1.54, 1.807) is 36.7 Å². The third-order valence-electron chi connectivity index (χ3n) is 3.64. The molecule has 2 aromatic rings. The summed E-state index contributed by atoms with van der Waals surface area (Å²) >= 11 is 0. The minimum absolute atomic E-state index is 0.127. The van der Waals surface area contributed by atoms with Gasteiger partial charge in [-0.2, -0.15) is 15.0 Å². The Bertz CT molecular complexity index is 645. The lowest BCUT2D eigenvalue weighted by atomic mass is 9.74. The number of hydrogen-bond donors (Lipinski definition) is 2. The summed E-state index contributed by atoms with van der Waals surface area (Å²) in [4.78, 5) is 24.1. The minimum Gasteiger partial charge on any atom is -0.481 e. The molecule has 0 atom stereocenters. The smallest absolute Gasteiger partial charge is 0.306 e. The van der Waals surface area contributed by atoms with Crippen LogP contribution in [0.3, 0.4) is 0 Å². The van der Waals surface area contributed by atoms with Crippen molar-refractivity contribution in [2.45, 2.75) is 12.8 Å². The highest BCUT2D eigenvalue weighted by Crippen LogP contribution is 2.34. The number of benzene rings is 1. The van der Waals surface area contributed by atoms with Gasteiger partial charge in [0.2, 0.25) is 5.91 Å². The summed E-state index contributed by atoms with van der Waals surface area (Å²) in [6.07, 6.45) is 4.00. The Morgan fingerprint density at radius 2 is 1.71 bits per heavy atom. The van der Waals surface area contributed by atoms with Crippen molar-refractivity contribution in [2.75, 3.05) is 5.32 Å². The molecule has 1 saturated carbocycles. The average Bonchev–Trinajstić information content (AvgIpc) is 2.91. The molecule has 7 nitrogen and oxygen atoms in total. The molecule has 0 bridgehead atoms. The van der Waals surface area contributed by atoms with E-state index in [-0.39, 0.29) is 17.7 Å². The molecule has 0 saturated heterocycles. The number of nitrogens with one attached hydrogen (secondary N) is 1. The summed E-state index contributed by atoms with van der Waals surface area (Å²) in [6.45, 7) is 0. The summed E-state index contributed by atoms with van der Waals surface area (Å²) in [6, 6.07) is 7.14. The SMILES string of the molecule is O=C(O)C1CC(C(=O)Nc2ccc(-n3nccn3)cc2)C1. The summed E-state index contributed by atoms with van der Waals surface area (Å²) in [5.41, 5.74) is 1.47. The molecule has 1 aliphatic rings. The number of hydrogen-bond acceptors (Lipinski definition) is 4. The van der Waals surface area contributed by atoms with E-state index in [1.165, 1.54) is 4.80 Å². The molecule has 1 fully saturated rings. The number of carboxylic acids is 1. The number of carboxylic acid groups (broad SMARTS) is 1. The molecule has 1 aliphatic carbocycles. The van der Waals surface area contributed by atoms with E-state index in [2.05, 4.69) is 15.5 Å². The van der Waals surface area contributed by atoms with Crippen molar-refractivity contribution >= 4 is 17.6 Å². The Kier molecular flexibility index (Phi) is 3.39. The van der Waals surface area contributed by atoms with Crippen molar-refractivity contribution in [3.8, 4) is 5.69 Å². The maximum atomic E-state index is 11.9. The topological polar surface area (TPSA) is 97.1 Å². The fourth-order valence-electron chi connectivity index (χ4n) is 2.31. The minimum atomic E-state index is -0.824. The number of anilines is 1. The van der Waals surface area contributed by atoms with E-state index in [4.69, 9.17) is 5.11 Å². The normalized spacial score (nSPS) is 20.6. The van der Waals surface area contributed by atoms with Crippen LogP contribution in [0.4, 0.5) is 5.69 Å². The molecule has 2 N–H and O–H groups in total. The standard InChI is InChI=1S/C14H14N4O3/c19-13(9-7-10(8-9)14(20)21)17-11-1-3-12(4-2-11)18-15-5-6-16-18/h1-6,9-10H,7-8H2,(H,17,19)(H,20,21). The summed E-state index contributed by atoms with van der Waals surface area (Å²) in [5, 5.41) is 19.6. The molecule has 3 rings (SSSR count). The molecule has 0 radical (unpaired) electrons. The maximum Gasteiger partial charge on any atom is 0.306 e. The lowest BCUT2D eigenvalue weighted by Gasteiger charge is -2.30. The summed E-state index contributed by atoms with van der Waals surface area (Å²) in [5.74, 6) is -1.54. The number of carbonyl (C=O) groups excluding carboxylic acids is 1. The molecule has 0 aliphatic heterocycles. The molecule has 1 heterocycles. The Balaban J connectivity index is 1.59. The van der Waals surface area contributed by atoms with Crippen LogP contribution in [-0.2, 0) is 9.59 Å². The van der Waals surface area contributed by atoms with Gasteiger partial charge in [0.1, 0.15) is 0 Å². The van der Waals surface area contributed by atoms with E-state index in [0.29, 0.717) is 18.5 Å². The highest BCUT2D eigenvalue weighted by atomic mass is 16.4. The molecule has 7 heteroatoms. The van der Waals surface area contributed by atoms with Crippen molar-refractivity contribution in [3.05, 3.63) is 36.7 Å². The second-order valence-electron chi connectivity index (χ2n) is 5.06. The average molecular weight is 286 g/mol. The quantitative estimate of drug-likeness (QED) is 0.883. The van der Waals surface area contributed by atoms with Gasteiger partial charge in [0.25, 0.3) is 0 Å². The van der Waals surface area contributed by atoms with Crippen LogP contribution >= 0.6 is 0 Å². The van der Waals surface area contributed by atoms with Crippen molar-refractivity contribution in [1.82, 2.24) is 15.0 Å². The first-order chi connectivity index (χ1) is 10.1. The van der Waals surface area contributed by atoms with Gasteiger partial charge in [-0.3, -0.25) is 9.59 Å². The van der Waals surface area contributed by atoms with E-state index in [9.17, 15) is 9.59 Å². The van der Waals surface area contributed by atoms with Gasteiger partial charge in [0.15, 0.2) is 0 Å². The summed E-state index contributed by atoms with van der Waals surface area (Å²) in [7, 11) is 0. The molecule has 108 valence electrons. The van der Waals surface area contributed by atoms with Gasteiger partial charge < -0.3 is 10.4 Å². The Morgan fingerprint density at radius 3 is 2.29 bits per heavy atom. The van der Waals surface area contributed by atoms with Crippen LogP contribution in [0, 0.1) is 11.8 Å². The fraction of sp³-hybridized carbons (Fsp3) is 0.286. The van der Waals surface area contributed by atoms with Crippen LogP contribution in [0.2, 0.25) is 0 Å². The Hall–Kier alpha value is -2.70.